The first kappa shape index (κ1) is 17.3. The van der Waals surface area contributed by atoms with Crippen molar-refractivity contribution in [2.75, 3.05) is 0 Å². The number of aromatic nitrogens is 1. The Morgan fingerprint density at radius 2 is 1.77 bits per heavy atom. The number of pyridine rings is 1. The van der Waals surface area contributed by atoms with Crippen molar-refractivity contribution in [2.45, 2.75) is 31.7 Å². The lowest BCUT2D eigenvalue weighted by Gasteiger charge is -2.14. The van der Waals surface area contributed by atoms with E-state index < -0.39 is 0 Å². The Hall–Kier alpha value is -2.10. The van der Waals surface area contributed by atoms with E-state index in [0.717, 1.165) is 29.3 Å². The quantitative estimate of drug-likeness (QED) is 0.612. The molecule has 1 aliphatic rings. The maximum absolute atomic E-state index is 12.9. The molecule has 1 heterocycles. The molecule has 3 nitrogen and oxygen atoms in total. The summed E-state index contributed by atoms with van der Waals surface area (Å²) in [5.41, 5.74) is 2.97. The van der Waals surface area contributed by atoms with Crippen molar-refractivity contribution in [3.05, 3.63) is 64.1 Å². The highest BCUT2D eigenvalue weighted by Crippen LogP contribution is 2.30. The monoisotopic (exact) mass is 384 g/mol. The average molecular weight is 385 g/mol. The van der Waals surface area contributed by atoms with E-state index in [1.165, 1.54) is 12.8 Å². The van der Waals surface area contributed by atoms with E-state index >= 15 is 0 Å². The molecular formula is C21H18Cl2N2O. The number of hydrogen-bond donors (Lipinski definition) is 1. The molecule has 0 atom stereocenters. The predicted molar refractivity (Wildman–Crippen MR) is 107 cm³/mol. The van der Waals surface area contributed by atoms with Gasteiger partial charge in [-0.2, -0.15) is 0 Å². The first-order valence-electron chi connectivity index (χ1n) is 8.78. The number of amides is 1. The van der Waals surface area contributed by atoms with E-state index in [0.29, 0.717) is 21.3 Å². The predicted octanol–water partition coefficient (Wildman–Crippen LogP) is 5.88. The molecule has 0 spiro atoms. The van der Waals surface area contributed by atoms with Gasteiger partial charge in [-0.05, 0) is 37.1 Å². The van der Waals surface area contributed by atoms with Crippen LogP contribution in [0, 0.1) is 0 Å². The molecule has 132 valence electrons. The Balaban J connectivity index is 1.79. The minimum absolute atomic E-state index is 0.0446. The van der Waals surface area contributed by atoms with Gasteiger partial charge in [-0.1, -0.05) is 60.3 Å². The van der Waals surface area contributed by atoms with Gasteiger partial charge in [0.25, 0.3) is 5.91 Å². The van der Waals surface area contributed by atoms with Crippen molar-refractivity contribution in [2.24, 2.45) is 0 Å². The molecule has 1 fully saturated rings. The van der Waals surface area contributed by atoms with E-state index in [9.17, 15) is 4.79 Å². The number of benzene rings is 2. The highest BCUT2D eigenvalue weighted by molar-refractivity contribution is 6.42. The first-order chi connectivity index (χ1) is 12.6. The van der Waals surface area contributed by atoms with Crippen LogP contribution in [0.3, 0.4) is 0 Å². The van der Waals surface area contributed by atoms with Gasteiger partial charge >= 0.3 is 0 Å². The van der Waals surface area contributed by atoms with E-state index in [2.05, 4.69) is 5.32 Å². The Morgan fingerprint density at radius 1 is 1.00 bits per heavy atom. The van der Waals surface area contributed by atoms with E-state index in [1.807, 2.05) is 36.4 Å². The Morgan fingerprint density at radius 3 is 2.54 bits per heavy atom. The van der Waals surface area contributed by atoms with Crippen LogP contribution in [-0.4, -0.2) is 16.9 Å². The van der Waals surface area contributed by atoms with Crippen molar-refractivity contribution in [3.8, 4) is 11.3 Å². The topological polar surface area (TPSA) is 42.0 Å². The summed E-state index contributed by atoms with van der Waals surface area (Å²) in [5.74, 6) is -0.0446. The number of nitrogens with zero attached hydrogens (tertiary/aromatic N) is 1. The molecule has 26 heavy (non-hydrogen) atoms. The number of para-hydroxylation sites is 1. The highest BCUT2D eigenvalue weighted by Gasteiger charge is 2.20. The molecule has 1 aromatic heterocycles. The van der Waals surface area contributed by atoms with E-state index in [4.69, 9.17) is 28.2 Å². The second-order valence-corrected chi connectivity index (χ2v) is 7.47. The molecule has 4 rings (SSSR count). The summed E-state index contributed by atoms with van der Waals surface area (Å²) in [6, 6.07) is 15.2. The number of carbonyl (C=O) groups is 1. The van der Waals surface area contributed by atoms with Crippen LogP contribution in [-0.2, 0) is 0 Å². The minimum Gasteiger partial charge on any atom is -0.349 e. The third-order valence-electron chi connectivity index (χ3n) is 4.87. The van der Waals surface area contributed by atoms with Crippen LogP contribution in [0.4, 0.5) is 0 Å². The molecule has 2 aromatic carbocycles. The first-order valence-corrected chi connectivity index (χ1v) is 9.53. The van der Waals surface area contributed by atoms with Crippen LogP contribution in [0.1, 0.15) is 36.0 Å². The van der Waals surface area contributed by atoms with Crippen molar-refractivity contribution in [3.63, 3.8) is 0 Å². The van der Waals surface area contributed by atoms with E-state index in [-0.39, 0.29) is 11.9 Å². The largest absolute Gasteiger partial charge is 0.349 e. The van der Waals surface area contributed by atoms with Crippen LogP contribution >= 0.6 is 23.2 Å². The molecule has 0 bridgehead atoms. The molecule has 1 amide bonds. The molecule has 1 aliphatic carbocycles. The second kappa shape index (κ2) is 7.26. The van der Waals surface area contributed by atoms with Gasteiger partial charge in [-0.3, -0.25) is 4.79 Å². The summed E-state index contributed by atoms with van der Waals surface area (Å²) in [6.07, 6.45) is 4.45. The summed E-state index contributed by atoms with van der Waals surface area (Å²) < 4.78 is 0. The van der Waals surface area contributed by atoms with Crippen LogP contribution < -0.4 is 5.32 Å². The lowest BCUT2D eigenvalue weighted by molar-refractivity contribution is 0.0939. The SMILES string of the molecule is O=C(NC1CCCC1)c1cc(-c2ccc(Cl)c(Cl)c2)nc2ccccc12. The van der Waals surface area contributed by atoms with Crippen LogP contribution in [0.25, 0.3) is 22.2 Å². The molecule has 0 aliphatic heterocycles. The van der Waals surface area contributed by atoms with Crippen LogP contribution in [0.15, 0.2) is 48.5 Å². The average Bonchev–Trinajstić information content (AvgIpc) is 3.16. The molecular weight excluding hydrogens is 367 g/mol. The lowest BCUT2D eigenvalue weighted by Crippen LogP contribution is -2.32. The zero-order valence-electron chi connectivity index (χ0n) is 14.1. The van der Waals surface area contributed by atoms with Crippen LogP contribution in [0.2, 0.25) is 10.0 Å². The Kier molecular flexibility index (Phi) is 4.84. The van der Waals surface area contributed by atoms with Crippen molar-refractivity contribution in [1.82, 2.24) is 10.3 Å². The number of carbonyl (C=O) groups excluding carboxylic acids is 1. The number of hydrogen-bond acceptors (Lipinski definition) is 2. The summed E-state index contributed by atoms with van der Waals surface area (Å²) in [5, 5.41) is 4.99. The second-order valence-electron chi connectivity index (χ2n) is 6.66. The fourth-order valence-electron chi connectivity index (χ4n) is 3.50. The standard InChI is InChI=1S/C21H18Cl2N2O/c22-17-10-9-13(11-18(17)23)20-12-16(15-7-3-4-8-19(15)25-20)21(26)24-14-5-1-2-6-14/h3-4,7-12,14H,1-2,5-6H2,(H,24,26). The molecule has 0 unspecified atom stereocenters. The van der Waals surface area contributed by atoms with Crippen molar-refractivity contribution >= 4 is 40.0 Å². The fourth-order valence-corrected chi connectivity index (χ4v) is 3.80. The smallest absolute Gasteiger partial charge is 0.252 e. The molecule has 1 N–H and O–H groups in total. The van der Waals surface area contributed by atoms with Gasteiger partial charge in [0.05, 0.1) is 26.8 Å². The van der Waals surface area contributed by atoms with Gasteiger partial charge in [0, 0.05) is 17.0 Å². The maximum Gasteiger partial charge on any atom is 0.252 e. The summed E-state index contributed by atoms with van der Waals surface area (Å²) in [6.45, 7) is 0. The van der Waals surface area contributed by atoms with Gasteiger partial charge in [-0.15, -0.1) is 0 Å². The lowest BCUT2D eigenvalue weighted by atomic mass is 10.0. The Labute approximate surface area is 162 Å². The number of nitrogens with one attached hydrogen (secondary N) is 1. The third-order valence-corrected chi connectivity index (χ3v) is 5.61. The summed E-state index contributed by atoms with van der Waals surface area (Å²) in [7, 11) is 0. The van der Waals surface area contributed by atoms with Gasteiger partial charge in [0.15, 0.2) is 0 Å². The normalized spacial score (nSPS) is 14.7. The zero-order chi connectivity index (χ0) is 18.1. The van der Waals surface area contributed by atoms with Gasteiger partial charge in [0.1, 0.15) is 0 Å². The van der Waals surface area contributed by atoms with Gasteiger partial charge in [0.2, 0.25) is 0 Å². The number of halogens is 2. The van der Waals surface area contributed by atoms with Crippen molar-refractivity contribution in [1.29, 1.82) is 0 Å². The molecule has 1 saturated carbocycles. The highest BCUT2D eigenvalue weighted by atomic mass is 35.5. The van der Waals surface area contributed by atoms with E-state index in [1.54, 1.807) is 12.1 Å². The van der Waals surface area contributed by atoms with Gasteiger partial charge < -0.3 is 5.32 Å². The minimum atomic E-state index is -0.0446. The molecule has 3 aromatic rings. The fraction of sp³-hybridized carbons (Fsp3) is 0.238. The zero-order valence-corrected chi connectivity index (χ0v) is 15.6. The molecule has 5 heteroatoms. The van der Waals surface area contributed by atoms with Crippen molar-refractivity contribution < 1.29 is 4.79 Å². The summed E-state index contributed by atoms with van der Waals surface area (Å²) >= 11 is 12.2. The summed E-state index contributed by atoms with van der Waals surface area (Å²) in [4.78, 5) is 17.6. The molecule has 0 saturated heterocycles. The van der Waals surface area contributed by atoms with Gasteiger partial charge in [-0.25, -0.2) is 4.98 Å². The van der Waals surface area contributed by atoms with Crippen LogP contribution in [0.5, 0.6) is 0 Å². The number of fused-ring (bicyclic) bond motifs is 1. The Bertz CT molecular complexity index is 981. The maximum atomic E-state index is 12.9. The number of rotatable bonds is 3. The molecule has 0 radical (unpaired) electrons. The third kappa shape index (κ3) is 3.42.